The summed E-state index contributed by atoms with van der Waals surface area (Å²) in [6.07, 6.45) is 1.48. The van der Waals surface area contributed by atoms with Crippen LogP contribution in [0.2, 0.25) is 0 Å². The molecule has 0 amide bonds. The molecule has 2 aromatic carbocycles. The lowest BCUT2D eigenvalue weighted by molar-refractivity contribution is 0.580. The van der Waals surface area contributed by atoms with Gasteiger partial charge in [-0.15, -0.1) is 0 Å². The zero-order valence-corrected chi connectivity index (χ0v) is 14.8. The van der Waals surface area contributed by atoms with Crippen molar-refractivity contribution >= 4 is 30.8 Å². The number of hydrogen-bond acceptors (Lipinski definition) is 5. The van der Waals surface area contributed by atoms with Gasteiger partial charge in [0.2, 0.25) is 0 Å². The smallest absolute Gasteiger partial charge is 0.223 e. The van der Waals surface area contributed by atoms with E-state index in [1.807, 2.05) is 0 Å². The number of benzene rings is 2. The average Bonchev–Trinajstić information content (AvgIpc) is 2.99. The number of nitrogens with zero attached hydrogens (tertiary/aromatic N) is 2. The molecule has 0 saturated heterocycles. The molecule has 126 valence electrons. The fourth-order valence-corrected chi connectivity index (χ4v) is 4.65. The molecule has 24 heavy (non-hydrogen) atoms. The van der Waals surface area contributed by atoms with Crippen molar-refractivity contribution in [2.45, 2.75) is 28.9 Å². The summed E-state index contributed by atoms with van der Waals surface area (Å²) >= 11 is 0. The zero-order chi connectivity index (χ0) is 17.5. The summed E-state index contributed by atoms with van der Waals surface area (Å²) in [5, 5.41) is 4.09. The molecule has 1 heterocycles. The van der Waals surface area contributed by atoms with Crippen molar-refractivity contribution in [1.82, 2.24) is 9.19 Å². The molecule has 3 aromatic rings. The van der Waals surface area contributed by atoms with Crippen molar-refractivity contribution in [2.75, 3.05) is 0 Å². The molecule has 0 unspecified atom stereocenters. The molecular weight excluding hydrogens is 348 g/mol. The Hall–Kier alpha value is -2.19. The molecule has 0 aliphatic heterocycles. The van der Waals surface area contributed by atoms with Gasteiger partial charge in [-0.2, -0.15) is 17.6 Å². The van der Waals surface area contributed by atoms with Gasteiger partial charge in [0.05, 0.1) is 26.8 Å². The first-order valence-corrected chi connectivity index (χ1v) is 10.3. The number of aromatic nitrogens is 2. The number of fused-ring (bicyclic) bond motifs is 1. The second-order valence-corrected chi connectivity index (χ2v) is 9.89. The molecule has 0 aliphatic carbocycles. The van der Waals surface area contributed by atoms with Crippen molar-refractivity contribution in [1.29, 1.82) is 0 Å². The third kappa shape index (κ3) is 2.61. The van der Waals surface area contributed by atoms with Crippen LogP contribution >= 0.6 is 0 Å². The molecule has 3 rings (SSSR count). The Kier molecular flexibility index (Phi) is 3.97. The highest BCUT2D eigenvalue weighted by Crippen LogP contribution is 2.22. The molecular formula is C16H16N2O4S2. The third-order valence-corrected chi connectivity index (χ3v) is 7.53. The van der Waals surface area contributed by atoms with Crippen LogP contribution in [0.1, 0.15) is 13.8 Å². The monoisotopic (exact) mass is 364 g/mol. The second-order valence-electron chi connectivity index (χ2n) is 5.62. The van der Waals surface area contributed by atoms with E-state index in [-0.39, 0.29) is 9.79 Å². The first-order valence-electron chi connectivity index (χ1n) is 7.27. The maximum Gasteiger partial charge on any atom is 0.283 e. The Bertz CT molecular complexity index is 1100. The van der Waals surface area contributed by atoms with Gasteiger partial charge in [-0.3, -0.25) is 0 Å². The Morgan fingerprint density at radius 2 is 1.46 bits per heavy atom. The molecule has 8 heteroatoms. The van der Waals surface area contributed by atoms with Crippen molar-refractivity contribution in [3.8, 4) is 0 Å². The second kappa shape index (κ2) is 5.71. The van der Waals surface area contributed by atoms with Gasteiger partial charge >= 0.3 is 0 Å². The summed E-state index contributed by atoms with van der Waals surface area (Å²) in [4.78, 5) is 0.0841. The number of sulfone groups is 1. The van der Waals surface area contributed by atoms with E-state index in [0.717, 1.165) is 4.09 Å². The largest absolute Gasteiger partial charge is 0.283 e. The van der Waals surface area contributed by atoms with E-state index in [4.69, 9.17) is 0 Å². The topological polar surface area (TPSA) is 86.1 Å². The minimum absolute atomic E-state index is 0.0148. The summed E-state index contributed by atoms with van der Waals surface area (Å²) < 4.78 is 50.7. The van der Waals surface area contributed by atoms with Gasteiger partial charge in [-0.25, -0.2) is 8.42 Å². The van der Waals surface area contributed by atoms with E-state index in [2.05, 4.69) is 5.10 Å². The molecule has 1 aromatic heterocycles. The number of rotatable bonds is 4. The van der Waals surface area contributed by atoms with Crippen LogP contribution in [0.5, 0.6) is 0 Å². The van der Waals surface area contributed by atoms with Crippen LogP contribution in [0.3, 0.4) is 0 Å². The summed E-state index contributed by atoms with van der Waals surface area (Å²) in [5.74, 6) is 0. The van der Waals surface area contributed by atoms with Gasteiger partial charge in [0.25, 0.3) is 10.0 Å². The van der Waals surface area contributed by atoms with E-state index in [9.17, 15) is 16.8 Å². The first kappa shape index (κ1) is 16.7. The standard InChI is InChI=1S/C16H16N2O4S2/c1-12(2)23(19,20)14-7-9-15(10-8-14)24(21,22)18-16-6-4-3-5-13(16)11-17-18/h3-12H,1-2H3. The van der Waals surface area contributed by atoms with E-state index >= 15 is 0 Å². The van der Waals surface area contributed by atoms with Crippen LogP contribution in [0.25, 0.3) is 10.9 Å². The van der Waals surface area contributed by atoms with E-state index in [1.54, 1.807) is 38.1 Å². The molecule has 0 atom stereocenters. The molecule has 0 N–H and O–H groups in total. The maximum absolute atomic E-state index is 12.8. The third-order valence-electron chi connectivity index (χ3n) is 3.74. The molecule has 0 spiro atoms. The predicted octanol–water partition coefficient (Wildman–Crippen LogP) is 2.46. The van der Waals surface area contributed by atoms with Crippen LogP contribution in [-0.2, 0) is 19.9 Å². The Morgan fingerprint density at radius 3 is 2.08 bits per heavy atom. The molecule has 0 fully saturated rings. The van der Waals surface area contributed by atoms with Crippen molar-refractivity contribution in [3.05, 3.63) is 54.7 Å². The highest BCUT2D eigenvalue weighted by atomic mass is 32.2. The van der Waals surface area contributed by atoms with Crippen LogP contribution in [0, 0.1) is 0 Å². The van der Waals surface area contributed by atoms with Crippen molar-refractivity contribution in [3.63, 3.8) is 0 Å². The lowest BCUT2D eigenvalue weighted by atomic mass is 10.3. The van der Waals surface area contributed by atoms with Crippen LogP contribution < -0.4 is 0 Å². The van der Waals surface area contributed by atoms with Crippen molar-refractivity contribution < 1.29 is 16.8 Å². The molecule has 6 nitrogen and oxygen atoms in total. The van der Waals surface area contributed by atoms with Crippen molar-refractivity contribution in [2.24, 2.45) is 0 Å². The quantitative estimate of drug-likeness (QED) is 0.710. The zero-order valence-electron chi connectivity index (χ0n) is 13.1. The average molecular weight is 364 g/mol. The van der Waals surface area contributed by atoms with Crippen LogP contribution in [-0.4, -0.2) is 31.3 Å². The summed E-state index contributed by atoms with van der Waals surface area (Å²) in [6, 6.07) is 12.2. The Balaban J connectivity index is 2.08. The number of para-hydroxylation sites is 1. The fraction of sp³-hybridized carbons (Fsp3) is 0.188. The van der Waals surface area contributed by atoms with Gasteiger partial charge < -0.3 is 0 Å². The van der Waals surface area contributed by atoms with Gasteiger partial charge in [0.1, 0.15) is 0 Å². The first-order chi connectivity index (χ1) is 11.2. The SMILES string of the molecule is CC(C)S(=O)(=O)c1ccc(S(=O)(=O)n2ncc3ccccc32)cc1. The van der Waals surface area contributed by atoms with E-state index in [1.165, 1.54) is 30.5 Å². The molecule has 0 saturated carbocycles. The van der Waals surface area contributed by atoms with E-state index < -0.39 is 25.1 Å². The van der Waals surface area contributed by atoms with Gasteiger partial charge in [-0.1, -0.05) is 18.2 Å². The highest BCUT2D eigenvalue weighted by molar-refractivity contribution is 7.92. The Morgan fingerprint density at radius 1 is 0.875 bits per heavy atom. The summed E-state index contributed by atoms with van der Waals surface area (Å²) in [5.41, 5.74) is 0.469. The lowest BCUT2D eigenvalue weighted by Gasteiger charge is -2.09. The van der Waals surface area contributed by atoms with Crippen LogP contribution in [0.15, 0.2) is 64.5 Å². The minimum atomic E-state index is -3.89. The van der Waals surface area contributed by atoms with E-state index in [0.29, 0.717) is 10.9 Å². The fourth-order valence-electron chi connectivity index (χ4n) is 2.31. The molecule has 0 radical (unpaired) electrons. The van der Waals surface area contributed by atoms with Gasteiger partial charge in [0, 0.05) is 5.39 Å². The summed E-state index contributed by atoms with van der Waals surface area (Å²) in [6.45, 7) is 3.16. The van der Waals surface area contributed by atoms with Gasteiger partial charge in [-0.05, 0) is 44.2 Å². The molecule has 0 aliphatic rings. The summed E-state index contributed by atoms with van der Waals surface area (Å²) in [7, 11) is -7.34. The highest BCUT2D eigenvalue weighted by Gasteiger charge is 2.23. The molecule has 0 bridgehead atoms. The minimum Gasteiger partial charge on any atom is -0.223 e. The maximum atomic E-state index is 12.8. The Labute approximate surface area is 140 Å². The van der Waals surface area contributed by atoms with Gasteiger partial charge in [0.15, 0.2) is 9.84 Å². The normalized spacial score (nSPS) is 12.8. The lowest BCUT2D eigenvalue weighted by Crippen LogP contribution is -2.16. The predicted molar refractivity (Wildman–Crippen MR) is 91.1 cm³/mol. The van der Waals surface area contributed by atoms with Crippen LogP contribution in [0.4, 0.5) is 0 Å². The number of hydrogen-bond donors (Lipinski definition) is 0.